The minimum atomic E-state index is -2.03. The molecule has 8 heteroatoms. The molecule has 1 rings (SSSR count). The Morgan fingerprint density at radius 1 is 1.08 bits per heavy atom. The molecule has 0 aromatic carbocycles. The fraction of sp³-hybridized carbons (Fsp3) is 1.00. The predicted octanol–water partition coefficient (Wildman–Crippen LogP) is 3.54. The van der Waals surface area contributed by atoms with Crippen molar-refractivity contribution in [2.75, 3.05) is 12.8 Å². The molecule has 0 amide bonds. The Morgan fingerprint density at radius 2 is 1.62 bits per heavy atom. The van der Waals surface area contributed by atoms with Gasteiger partial charge in [0.2, 0.25) is 9.88 Å². The summed E-state index contributed by atoms with van der Waals surface area (Å²) < 4.78 is 34.3. The van der Waals surface area contributed by atoms with Crippen molar-refractivity contribution in [3.05, 3.63) is 0 Å². The first-order valence-corrected chi connectivity index (χ1v) is 14.3. The number of aliphatic hydroxyl groups excluding tert-OH is 1. The molecule has 5 nitrogen and oxygen atoms in total. The molecule has 0 bridgehead atoms. The summed E-state index contributed by atoms with van der Waals surface area (Å²) in [5, 5.41) is 9.70. The van der Waals surface area contributed by atoms with Gasteiger partial charge in [0.25, 0.3) is 0 Å². The molecule has 0 saturated carbocycles. The summed E-state index contributed by atoms with van der Waals surface area (Å²) in [5.74, 6) is 0.346. The summed E-state index contributed by atoms with van der Waals surface area (Å²) in [5.41, 5.74) is 0. The normalized spacial score (nSPS) is 31.3. The van der Waals surface area contributed by atoms with E-state index in [1.165, 1.54) is 0 Å². The summed E-state index contributed by atoms with van der Waals surface area (Å²) in [6.45, 7) is 10.9. The zero-order valence-corrected chi connectivity index (χ0v) is 18.3. The van der Waals surface area contributed by atoms with Gasteiger partial charge in [-0.3, -0.25) is 0 Å². The minimum Gasteiger partial charge on any atom is -0.413 e. The Bertz CT molecular complexity index is 492. The first-order valence-electron chi connectivity index (χ1n) is 9.05. The van der Waals surface area contributed by atoms with E-state index in [1.807, 2.05) is 0 Å². The van der Waals surface area contributed by atoms with Crippen LogP contribution < -0.4 is 0 Å². The van der Waals surface area contributed by atoms with Crippen LogP contribution in [0.5, 0.6) is 0 Å². The molecule has 0 aromatic heterocycles. The lowest BCUT2D eigenvalue weighted by Gasteiger charge is -2.48. The molecule has 0 aliphatic carbocycles. The van der Waals surface area contributed by atoms with Crippen LogP contribution in [-0.4, -0.2) is 52.9 Å². The molecule has 1 fully saturated rings. The Morgan fingerprint density at radius 3 is 2.08 bits per heavy atom. The lowest BCUT2D eigenvalue weighted by molar-refractivity contribution is -0.170. The quantitative estimate of drug-likeness (QED) is 0.477. The van der Waals surface area contributed by atoms with E-state index in [-0.39, 0.29) is 36.8 Å². The summed E-state index contributed by atoms with van der Waals surface area (Å²) in [7, 11) is -3.37. The molecule has 1 N–H and O–H groups in total. The molecule has 1 heterocycles. The maximum atomic E-state index is 10.8. The molecule has 24 heavy (non-hydrogen) atoms. The Labute approximate surface area is 150 Å². The summed E-state index contributed by atoms with van der Waals surface area (Å²) in [4.78, 5) is 0. The second kappa shape index (κ2) is 10.4. The average Bonchev–Trinajstić information content (AvgIpc) is 2.57. The first-order chi connectivity index (χ1) is 11.3. The number of aliphatic hydroxyl groups is 1. The van der Waals surface area contributed by atoms with Crippen LogP contribution in [0.15, 0.2) is 0 Å². The monoisotopic (exact) mass is 396 g/mol. The van der Waals surface area contributed by atoms with Crippen LogP contribution in [-0.2, 0) is 19.0 Å². The molecule has 1 aliphatic rings. The highest BCUT2D eigenvalue weighted by Crippen LogP contribution is 2.37. The van der Waals surface area contributed by atoms with Crippen LogP contribution in [0.25, 0.3) is 0 Å². The van der Waals surface area contributed by atoms with Crippen LogP contribution in [0.2, 0.25) is 18.1 Å². The van der Waals surface area contributed by atoms with E-state index < -0.39 is 18.2 Å². The van der Waals surface area contributed by atoms with Gasteiger partial charge in [-0.15, -0.1) is 0 Å². The second-order valence-electron chi connectivity index (χ2n) is 6.80. The SMILES string of the molecule is CC[Si](CC)(CC)O[C@H]1[C@@H](C)[C@@H](CO)O[C@@H](CCP=S(=O)=O)[C@H]1C. The van der Waals surface area contributed by atoms with E-state index in [4.69, 9.17) is 9.16 Å². The van der Waals surface area contributed by atoms with Crippen LogP contribution in [0.3, 0.4) is 0 Å². The number of hydrogen-bond donors (Lipinski definition) is 1. The fourth-order valence-electron chi connectivity index (χ4n) is 3.67. The van der Waals surface area contributed by atoms with Gasteiger partial charge in [0, 0.05) is 25.4 Å². The topological polar surface area (TPSA) is 72.8 Å². The highest BCUT2D eigenvalue weighted by molar-refractivity contribution is 8.04. The summed E-state index contributed by atoms with van der Waals surface area (Å²) in [6.07, 6.45) is 1.02. The van der Waals surface area contributed by atoms with E-state index in [0.29, 0.717) is 19.9 Å². The molecule has 0 radical (unpaired) electrons. The van der Waals surface area contributed by atoms with Gasteiger partial charge in [-0.1, -0.05) is 34.6 Å². The molecule has 1 saturated heterocycles. The van der Waals surface area contributed by atoms with E-state index in [1.54, 1.807) is 0 Å². The van der Waals surface area contributed by atoms with Crippen LogP contribution in [0.1, 0.15) is 41.0 Å². The van der Waals surface area contributed by atoms with Gasteiger partial charge in [0.05, 0.1) is 24.9 Å². The molecule has 1 aliphatic heterocycles. The molecule has 0 aromatic rings. The second-order valence-corrected chi connectivity index (χ2v) is 14.3. The zero-order valence-electron chi connectivity index (χ0n) is 15.6. The third-order valence-electron chi connectivity index (χ3n) is 5.67. The Kier molecular flexibility index (Phi) is 9.63. The van der Waals surface area contributed by atoms with Gasteiger partial charge in [-0.25, -0.2) is 0 Å². The van der Waals surface area contributed by atoms with E-state index >= 15 is 0 Å². The van der Waals surface area contributed by atoms with Crippen molar-refractivity contribution in [1.29, 1.82) is 0 Å². The van der Waals surface area contributed by atoms with E-state index in [0.717, 1.165) is 18.1 Å². The van der Waals surface area contributed by atoms with Gasteiger partial charge in [0.15, 0.2) is 8.32 Å². The number of ether oxygens (including phenoxy) is 1. The smallest absolute Gasteiger partial charge is 0.234 e. The maximum Gasteiger partial charge on any atom is 0.234 e. The molecule has 5 atom stereocenters. The minimum absolute atomic E-state index is 0.0195. The van der Waals surface area contributed by atoms with E-state index in [2.05, 4.69) is 34.6 Å². The Hall–Kier alpha value is 0.217. The van der Waals surface area contributed by atoms with Crippen molar-refractivity contribution in [3.63, 3.8) is 0 Å². The lowest BCUT2D eigenvalue weighted by Crippen LogP contribution is -2.55. The molecular formula is C16H33O5PSSi. The average molecular weight is 397 g/mol. The third-order valence-corrected chi connectivity index (χ3v) is 12.1. The van der Waals surface area contributed by atoms with Crippen molar-refractivity contribution in [2.24, 2.45) is 11.8 Å². The van der Waals surface area contributed by atoms with Gasteiger partial charge >= 0.3 is 0 Å². The number of hydrogen-bond acceptors (Lipinski definition) is 5. The molecule has 0 spiro atoms. The van der Waals surface area contributed by atoms with Crippen LogP contribution in [0, 0.1) is 11.8 Å². The van der Waals surface area contributed by atoms with Crippen LogP contribution >= 0.6 is 7.36 Å². The van der Waals surface area contributed by atoms with Crippen molar-refractivity contribution in [3.8, 4) is 0 Å². The summed E-state index contributed by atoms with van der Waals surface area (Å²) in [6, 6.07) is 3.29. The van der Waals surface area contributed by atoms with Gasteiger partial charge in [0.1, 0.15) is 0 Å². The Balaban J connectivity index is 2.95. The highest BCUT2D eigenvalue weighted by Gasteiger charge is 2.45. The van der Waals surface area contributed by atoms with E-state index in [9.17, 15) is 13.5 Å². The predicted molar refractivity (Wildman–Crippen MR) is 101 cm³/mol. The van der Waals surface area contributed by atoms with Gasteiger partial charge < -0.3 is 14.3 Å². The van der Waals surface area contributed by atoms with Crippen molar-refractivity contribution in [2.45, 2.75) is 77.5 Å². The van der Waals surface area contributed by atoms with Gasteiger partial charge in [-0.05, 0) is 24.6 Å². The maximum absolute atomic E-state index is 10.8. The number of rotatable bonds is 9. The van der Waals surface area contributed by atoms with Gasteiger partial charge in [-0.2, -0.15) is 8.42 Å². The third kappa shape index (κ3) is 5.61. The van der Waals surface area contributed by atoms with Crippen molar-refractivity contribution in [1.82, 2.24) is 0 Å². The standard InChI is InChI=1S/C16H33O5PSSi/c1-6-24(7-2,8-3)21-16-12(4)14(9-10-22-23(18)19)20-15(11-17)13(16)5/h12-17H,6-11H2,1-5H3/t12-,13+,14+,15-,16-/m1/s1. The largest absolute Gasteiger partial charge is 0.413 e. The first kappa shape index (κ1) is 22.3. The van der Waals surface area contributed by atoms with Crippen LogP contribution in [0.4, 0.5) is 0 Å². The fourth-order valence-corrected chi connectivity index (χ4v) is 7.95. The zero-order chi connectivity index (χ0) is 18.3. The highest BCUT2D eigenvalue weighted by atomic mass is 32.5. The summed E-state index contributed by atoms with van der Waals surface area (Å²) >= 11 is 0. The lowest BCUT2D eigenvalue weighted by atomic mass is 9.82. The van der Waals surface area contributed by atoms with Crippen molar-refractivity contribution < 1.29 is 22.7 Å². The van der Waals surface area contributed by atoms with Crippen molar-refractivity contribution >= 4 is 25.6 Å². The molecule has 142 valence electrons. The molecular weight excluding hydrogens is 363 g/mol. The molecule has 0 unspecified atom stereocenters.